The number of aromatic nitrogens is 6. The van der Waals surface area contributed by atoms with Gasteiger partial charge in [-0.25, -0.2) is 27.3 Å². The Morgan fingerprint density at radius 3 is 2.56 bits per heavy atom. The van der Waals surface area contributed by atoms with E-state index in [-0.39, 0.29) is 23.1 Å². The maximum atomic E-state index is 14.5. The topological polar surface area (TPSA) is 99.6 Å². The second-order valence-electron chi connectivity index (χ2n) is 7.82. The molecule has 5 rings (SSSR count). The third kappa shape index (κ3) is 4.50. The molecule has 1 N–H and O–H groups in total. The number of halogens is 4. The highest BCUT2D eigenvalue weighted by atomic mass is 35.5. The highest BCUT2D eigenvalue weighted by molar-refractivity contribution is 7.09. The molecule has 0 fully saturated rings. The number of aryl methyl sites for hydroxylation is 1. The molecule has 0 aliphatic rings. The van der Waals surface area contributed by atoms with Gasteiger partial charge in [0.1, 0.15) is 5.82 Å². The van der Waals surface area contributed by atoms with Crippen LogP contribution < -0.4 is 16.7 Å². The van der Waals surface area contributed by atoms with E-state index in [1.54, 1.807) is 30.1 Å². The van der Waals surface area contributed by atoms with Crippen molar-refractivity contribution < 1.29 is 13.2 Å². The number of hydrogen-bond acceptors (Lipinski definition) is 7. The summed E-state index contributed by atoms with van der Waals surface area (Å²) in [6, 6.07) is 4.26. The van der Waals surface area contributed by atoms with Crippen LogP contribution in [-0.4, -0.2) is 28.9 Å². The number of nitrogens with one attached hydrogen (secondary N) is 1. The Balaban J connectivity index is 1.65. The lowest BCUT2D eigenvalue weighted by atomic mass is 10.2. The SMILES string of the molecule is Cn1cc2cc(Nc3nc(=O)n(Cc4cncs4)c(=O)n3Cc3cc(F)c(F)cc3F)c(Cl)cc2n1. The molecule has 0 saturated carbocycles. The van der Waals surface area contributed by atoms with Gasteiger partial charge in [0, 0.05) is 41.3 Å². The lowest BCUT2D eigenvalue weighted by Crippen LogP contribution is -2.43. The molecule has 0 bridgehead atoms. The summed E-state index contributed by atoms with van der Waals surface area (Å²) in [7, 11) is 1.74. The molecule has 0 unspecified atom stereocenters. The number of benzene rings is 2. The first kappa shape index (κ1) is 23.8. The Morgan fingerprint density at radius 1 is 1.03 bits per heavy atom. The van der Waals surface area contributed by atoms with Crippen LogP contribution >= 0.6 is 22.9 Å². The molecule has 3 heterocycles. The van der Waals surface area contributed by atoms with E-state index < -0.39 is 35.4 Å². The Morgan fingerprint density at radius 2 is 1.81 bits per heavy atom. The van der Waals surface area contributed by atoms with Crippen LogP contribution in [0.3, 0.4) is 0 Å². The van der Waals surface area contributed by atoms with Gasteiger partial charge in [0.2, 0.25) is 5.95 Å². The molecule has 36 heavy (non-hydrogen) atoms. The fraction of sp³-hybridized carbons (Fsp3) is 0.136. The van der Waals surface area contributed by atoms with Crippen LogP contribution in [0, 0.1) is 17.5 Å². The molecule has 0 saturated heterocycles. The molecule has 2 aromatic carbocycles. The van der Waals surface area contributed by atoms with Crippen molar-refractivity contribution in [2.75, 3.05) is 5.32 Å². The van der Waals surface area contributed by atoms with Gasteiger partial charge < -0.3 is 5.32 Å². The lowest BCUT2D eigenvalue weighted by molar-refractivity contribution is 0.486. The summed E-state index contributed by atoms with van der Waals surface area (Å²) in [4.78, 5) is 34.7. The minimum absolute atomic E-state index is 0.127. The number of thiazole rings is 1. The third-order valence-corrected chi connectivity index (χ3v) is 6.40. The molecule has 184 valence electrons. The van der Waals surface area contributed by atoms with Gasteiger partial charge in [-0.05, 0) is 18.2 Å². The maximum Gasteiger partial charge on any atom is 0.355 e. The predicted molar refractivity (Wildman–Crippen MR) is 128 cm³/mol. The smallest absolute Gasteiger partial charge is 0.324 e. The summed E-state index contributed by atoms with van der Waals surface area (Å²) in [6.07, 6.45) is 3.23. The monoisotopic (exact) mass is 533 g/mol. The highest BCUT2D eigenvalue weighted by Crippen LogP contribution is 2.29. The first-order valence-electron chi connectivity index (χ1n) is 10.3. The van der Waals surface area contributed by atoms with Gasteiger partial charge >= 0.3 is 11.4 Å². The summed E-state index contributed by atoms with van der Waals surface area (Å²) < 4.78 is 45.2. The number of hydrogen-bond donors (Lipinski definition) is 1. The van der Waals surface area contributed by atoms with Crippen molar-refractivity contribution >= 4 is 45.5 Å². The van der Waals surface area contributed by atoms with E-state index in [0.717, 1.165) is 9.13 Å². The van der Waals surface area contributed by atoms with Crippen molar-refractivity contribution in [3.8, 4) is 0 Å². The van der Waals surface area contributed by atoms with Gasteiger partial charge in [-0.1, -0.05) is 11.6 Å². The fourth-order valence-corrected chi connectivity index (χ4v) is 4.41. The van der Waals surface area contributed by atoms with Crippen molar-refractivity contribution in [1.29, 1.82) is 0 Å². The number of rotatable bonds is 6. The molecular formula is C22H15ClF3N7O2S. The molecule has 0 radical (unpaired) electrons. The summed E-state index contributed by atoms with van der Waals surface area (Å²) in [6.45, 7) is -0.675. The van der Waals surface area contributed by atoms with Gasteiger partial charge in [0.15, 0.2) is 11.6 Å². The first-order valence-corrected chi connectivity index (χ1v) is 11.6. The molecule has 5 aromatic rings. The molecule has 9 nitrogen and oxygen atoms in total. The molecule has 0 aliphatic heterocycles. The van der Waals surface area contributed by atoms with Gasteiger partial charge in [-0.2, -0.15) is 10.1 Å². The van der Waals surface area contributed by atoms with Gasteiger partial charge in [-0.3, -0.25) is 14.2 Å². The zero-order valence-corrected chi connectivity index (χ0v) is 19.9. The Labute approximate surface area is 209 Å². The quantitative estimate of drug-likeness (QED) is 0.334. The summed E-state index contributed by atoms with van der Waals surface area (Å²) in [5, 5.41) is 8.04. The molecular weight excluding hydrogens is 519 g/mol. The van der Waals surface area contributed by atoms with Crippen molar-refractivity contribution in [2.24, 2.45) is 7.05 Å². The van der Waals surface area contributed by atoms with E-state index >= 15 is 0 Å². The van der Waals surface area contributed by atoms with Crippen LogP contribution in [0.15, 0.2) is 51.8 Å². The van der Waals surface area contributed by atoms with Crippen molar-refractivity contribution in [3.05, 3.63) is 96.1 Å². The van der Waals surface area contributed by atoms with Crippen LogP contribution in [0.5, 0.6) is 0 Å². The number of anilines is 2. The van der Waals surface area contributed by atoms with E-state index in [9.17, 15) is 22.8 Å². The number of fused-ring (bicyclic) bond motifs is 1. The van der Waals surface area contributed by atoms with Gasteiger partial charge in [-0.15, -0.1) is 11.3 Å². The first-order chi connectivity index (χ1) is 17.2. The van der Waals surface area contributed by atoms with Crippen molar-refractivity contribution in [2.45, 2.75) is 13.1 Å². The van der Waals surface area contributed by atoms with Gasteiger partial charge in [0.05, 0.1) is 34.8 Å². The maximum absolute atomic E-state index is 14.5. The van der Waals surface area contributed by atoms with Crippen LogP contribution in [-0.2, 0) is 20.1 Å². The van der Waals surface area contributed by atoms with E-state index in [2.05, 4.69) is 20.4 Å². The summed E-state index contributed by atoms with van der Waals surface area (Å²) in [5.41, 5.74) is 0.392. The summed E-state index contributed by atoms with van der Waals surface area (Å²) in [5.74, 6) is -3.99. The zero-order chi connectivity index (χ0) is 25.6. The van der Waals surface area contributed by atoms with Gasteiger partial charge in [0.25, 0.3) is 0 Å². The van der Waals surface area contributed by atoms with E-state index in [1.165, 1.54) is 23.0 Å². The van der Waals surface area contributed by atoms with E-state index in [1.807, 2.05) is 0 Å². The van der Waals surface area contributed by atoms with Crippen LogP contribution in [0.25, 0.3) is 10.9 Å². The standard InChI is InChI=1S/C22H15ClF3N7O2S/c1-31-7-12-3-19(14(23)4-18(12)30-31)28-20-29-21(34)33(9-13-6-27-10-36-13)22(35)32(20)8-11-2-16(25)17(26)5-15(11)24/h2-7,10H,8-9H2,1H3,(H,28,29,34). The molecule has 3 aromatic heterocycles. The fourth-order valence-electron chi connectivity index (χ4n) is 3.62. The van der Waals surface area contributed by atoms with Crippen LogP contribution in [0.4, 0.5) is 24.8 Å². The Hall–Kier alpha value is -3.97. The van der Waals surface area contributed by atoms with Crippen molar-refractivity contribution in [1.82, 2.24) is 28.9 Å². The zero-order valence-electron chi connectivity index (χ0n) is 18.4. The second-order valence-corrected chi connectivity index (χ2v) is 9.20. The molecule has 0 spiro atoms. The van der Waals surface area contributed by atoms with Crippen molar-refractivity contribution in [3.63, 3.8) is 0 Å². The molecule has 0 aliphatic carbocycles. The van der Waals surface area contributed by atoms with E-state index in [4.69, 9.17) is 11.6 Å². The molecule has 14 heteroatoms. The molecule has 0 amide bonds. The minimum Gasteiger partial charge on any atom is -0.324 e. The molecule has 0 atom stereocenters. The Kier molecular flexibility index (Phi) is 6.10. The third-order valence-electron chi connectivity index (χ3n) is 5.32. The lowest BCUT2D eigenvalue weighted by Gasteiger charge is -2.16. The second kappa shape index (κ2) is 9.24. The minimum atomic E-state index is -1.37. The van der Waals surface area contributed by atoms with Crippen LogP contribution in [0.2, 0.25) is 5.02 Å². The number of nitrogens with zero attached hydrogens (tertiary/aromatic N) is 6. The summed E-state index contributed by atoms with van der Waals surface area (Å²) >= 11 is 7.60. The largest absolute Gasteiger partial charge is 0.355 e. The van der Waals surface area contributed by atoms with Crippen LogP contribution in [0.1, 0.15) is 10.4 Å². The predicted octanol–water partition coefficient (Wildman–Crippen LogP) is 3.66. The van der Waals surface area contributed by atoms with E-state index in [0.29, 0.717) is 33.6 Å². The normalized spacial score (nSPS) is 11.4. The average Bonchev–Trinajstić information content (AvgIpc) is 3.46. The highest BCUT2D eigenvalue weighted by Gasteiger charge is 2.19. The average molecular weight is 534 g/mol. The Bertz CT molecular complexity index is 1730.